The minimum Gasteiger partial charge on any atom is -0.497 e. The second-order valence-electron chi connectivity index (χ2n) is 6.55. The number of hydrogen-bond acceptors (Lipinski definition) is 5. The Kier molecular flexibility index (Phi) is 4.84. The predicted molar refractivity (Wildman–Crippen MR) is 110 cm³/mol. The van der Waals surface area contributed by atoms with E-state index in [-0.39, 0.29) is 0 Å². The lowest BCUT2D eigenvalue weighted by molar-refractivity contribution is 0.355. The Morgan fingerprint density at radius 3 is 2.14 bits per heavy atom. The molecule has 0 aliphatic carbocycles. The normalized spacial score (nSPS) is 16.9. The maximum absolute atomic E-state index is 13.5. The summed E-state index contributed by atoms with van der Waals surface area (Å²) in [6.07, 6.45) is 0. The van der Waals surface area contributed by atoms with E-state index in [1.165, 1.54) is 11.4 Å². The van der Waals surface area contributed by atoms with Crippen molar-refractivity contribution in [3.63, 3.8) is 0 Å². The van der Waals surface area contributed by atoms with Crippen LogP contribution in [-0.4, -0.2) is 29.7 Å². The highest BCUT2D eigenvalue weighted by molar-refractivity contribution is 7.93. The van der Waals surface area contributed by atoms with Gasteiger partial charge >= 0.3 is 0 Å². The third-order valence-electron chi connectivity index (χ3n) is 5.04. The van der Waals surface area contributed by atoms with Crippen molar-refractivity contribution >= 4 is 15.7 Å². The zero-order valence-electron chi connectivity index (χ0n) is 16.3. The Morgan fingerprint density at radius 2 is 1.48 bits per heavy atom. The first kappa shape index (κ1) is 19.1. The van der Waals surface area contributed by atoms with Gasteiger partial charge in [0.2, 0.25) is 0 Å². The second kappa shape index (κ2) is 7.33. The number of nitrogens with zero attached hydrogens (tertiary/aromatic N) is 1. The van der Waals surface area contributed by atoms with Crippen molar-refractivity contribution in [2.75, 3.05) is 25.6 Å². The monoisotopic (exact) mass is 411 g/mol. The molecule has 3 aromatic rings. The molecule has 1 aliphatic heterocycles. The number of benzene rings is 3. The van der Waals surface area contributed by atoms with Crippen LogP contribution in [0.3, 0.4) is 0 Å². The van der Waals surface area contributed by atoms with Gasteiger partial charge in [0.1, 0.15) is 5.75 Å². The molecule has 150 valence electrons. The molecule has 1 atom stereocenters. The van der Waals surface area contributed by atoms with E-state index in [1.54, 1.807) is 44.6 Å². The number of methoxy groups -OCH3 is 3. The summed E-state index contributed by atoms with van der Waals surface area (Å²) in [5.41, 5.74) is 2.07. The minimum absolute atomic E-state index is 0.301. The largest absolute Gasteiger partial charge is 0.497 e. The highest BCUT2D eigenvalue weighted by Crippen LogP contribution is 2.47. The lowest BCUT2D eigenvalue weighted by Crippen LogP contribution is -2.28. The first-order valence-electron chi connectivity index (χ1n) is 9.00. The fourth-order valence-corrected chi connectivity index (χ4v) is 5.51. The van der Waals surface area contributed by atoms with Crippen molar-refractivity contribution in [2.24, 2.45) is 0 Å². The van der Waals surface area contributed by atoms with Crippen LogP contribution in [0.15, 0.2) is 71.6 Å². The Bertz CT molecular complexity index is 1140. The van der Waals surface area contributed by atoms with Gasteiger partial charge in [0.15, 0.2) is 11.5 Å². The molecule has 7 heteroatoms. The molecule has 0 amide bonds. The Labute approximate surface area is 170 Å². The van der Waals surface area contributed by atoms with Crippen LogP contribution in [0, 0.1) is 0 Å². The van der Waals surface area contributed by atoms with Crippen LogP contribution < -0.4 is 18.5 Å². The van der Waals surface area contributed by atoms with Gasteiger partial charge in [-0.05, 0) is 35.9 Å². The molecule has 6 nitrogen and oxygen atoms in total. The molecule has 0 saturated carbocycles. The third-order valence-corrected chi connectivity index (χ3v) is 6.91. The molecular formula is C22H21NO5S. The molecule has 3 aromatic carbocycles. The SMILES string of the molecule is COc1ccc(C2c3ccccc3S(=O)(=O)N2c2ccc(OC)c(OC)c2)cc1. The second-order valence-corrected chi connectivity index (χ2v) is 8.34. The van der Waals surface area contributed by atoms with Crippen molar-refractivity contribution in [3.05, 3.63) is 77.9 Å². The molecule has 0 bridgehead atoms. The number of ether oxygens (including phenoxy) is 3. The van der Waals surface area contributed by atoms with Crippen LogP contribution in [0.1, 0.15) is 17.2 Å². The maximum Gasteiger partial charge on any atom is 0.265 e. The molecule has 1 heterocycles. The summed E-state index contributed by atoms with van der Waals surface area (Å²) in [6, 6.07) is 19.1. The Hall–Kier alpha value is -3.19. The quantitative estimate of drug-likeness (QED) is 0.635. The van der Waals surface area contributed by atoms with Gasteiger partial charge in [-0.25, -0.2) is 8.42 Å². The highest BCUT2D eigenvalue weighted by atomic mass is 32.2. The summed E-state index contributed by atoms with van der Waals surface area (Å²) in [5.74, 6) is 1.71. The van der Waals surface area contributed by atoms with Gasteiger partial charge in [-0.3, -0.25) is 4.31 Å². The number of anilines is 1. The predicted octanol–water partition coefficient (Wildman–Crippen LogP) is 4.01. The molecule has 0 spiro atoms. The lowest BCUT2D eigenvalue weighted by Gasteiger charge is -2.27. The molecule has 0 radical (unpaired) electrons. The Balaban J connectivity index is 1.92. The van der Waals surface area contributed by atoms with E-state index in [4.69, 9.17) is 14.2 Å². The van der Waals surface area contributed by atoms with E-state index in [1.807, 2.05) is 36.4 Å². The topological polar surface area (TPSA) is 65.1 Å². The van der Waals surface area contributed by atoms with Crippen molar-refractivity contribution in [1.29, 1.82) is 0 Å². The van der Waals surface area contributed by atoms with Crippen LogP contribution in [0.4, 0.5) is 5.69 Å². The van der Waals surface area contributed by atoms with E-state index in [9.17, 15) is 8.42 Å². The van der Waals surface area contributed by atoms with Gasteiger partial charge in [-0.15, -0.1) is 0 Å². The molecule has 0 saturated heterocycles. The molecule has 0 aromatic heterocycles. The zero-order chi connectivity index (χ0) is 20.6. The van der Waals surface area contributed by atoms with Gasteiger partial charge < -0.3 is 14.2 Å². The molecular weight excluding hydrogens is 390 g/mol. The highest BCUT2D eigenvalue weighted by Gasteiger charge is 2.43. The van der Waals surface area contributed by atoms with Crippen LogP contribution in [0.25, 0.3) is 0 Å². The van der Waals surface area contributed by atoms with E-state index in [0.29, 0.717) is 27.8 Å². The molecule has 4 rings (SSSR count). The van der Waals surface area contributed by atoms with Crippen molar-refractivity contribution < 1.29 is 22.6 Å². The molecule has 0 fully saturated rings. The number of fused-ring (bicyclic) bond motifs is 1. The molecule has 29 heavy (non-hydrogen) atoms. The number of rotatable bonds is 5. The standard InChI is InChI=1S/C22H21NO5S/c1-26-17-11-8-15(9-12-17)22-18-6-4-5-7-21(18)29(24,25)23(22)16-10-13-19(27-2)20(14-16)28-3/h4-14,22H,1-3H3. The molecule has 0 N–H and O–H groups in total. The summed E-state index contributed by atoms with van der Waals surface area (Å²) in [7, 11) is 0.912. The van der Waals surface area contributed by atoms with E-state index >= 15 is 0 Å². The van der Waals surface area contributed by atoms with Gasteiger partial charge in [0.05, 0.1) is 38.0 Å². The number of sulfonamides is 1. The van der Waals surface area contributed by atoms with Crippen LogP contribution in [0.2, 0.25) is 0 Å². The van der Waals surface area contributed by atoms with Gasteiger partial charge in [-0.1, -0.05) is 30.3 Å². The van der Waals surface area contributed by atoms with Crippen LogP contribution in [-0.2, 0) is 10.0 Å². The van der Waals surface area contributed by atoms with Crippen molar-refractivity contribution in [1.82, 2.24) is 0 Å². The average Bonchev–Trinajstić information content (AvgIpc) is 3.00. The van der Waals surface area contributed by atoms with Gasteiger partial charge in [0, 0.05) is 11.6 Å². The van der Waals surface area contributed by atoms with Crippen molar-refractivity contribution in [3.8, 4) is 17.2 Å². The van der Waals surface area contributed by atoms with Gasteiger partial charge in [-0.2, -0.15) is 0 Å². The third kappa shape index (κ3) is 3.07. The Morgan fingerprint density at radius 1 is 0.793 bits per heavy atom. The smallest absolute Gasteiger partial charge is 0.265 e. The average molecular weight is 411 g/mol. The minimum atomic E-state index is -3.75. The summed E-state index contributed by atoms with van der Waals surface area (Å²) in [4.78, 5) is 0.301. The summed E-state index contributed by atoms with van der Waals surface area (Å²) >= 11 is 0. The maximum atomic E-state index is 13.5. The van der Waals surface area contributed by atoms with Gasteiger partial charge in [0.25, 0.3) is 10.0 Å². The summed E-state index contributed by atoms with van der Waals surface area (Å²) in [6.45, 7) is 0. The van der Waals surface area contributed by atoms with E-state index in [2.05, 4.69) is 0 Å². The first-order chi connectivity index (χ1) is 14.0. The molecule has 1 unspecified atom stereocenters. The zero-order valence-corrected chi connectivity index (χ0v) is 17.1. The van der Waals surface area contributed by atoms with E-state index in [0.717, 1.165) is 11.1 Å². The fourth-order valence-electron chi connectivity index (χ4n) is 3.66. The summed E-state index contributed by atoms with van der Waals surface area (Å²) in [5, 5.41) is 0. The number of hydrogen-bond donors (Lipinski definition) is 0. The van der Waals surface area contributed by atoms with Crippen LogP contribution in [0.5, 0.6) is 17.2 Å². The van der Waals surface area contributed by atoms with Crippen molar-refractivity contribution in [2.45, 2.75) is 10.9 Å². The first-order valence-corrected chi connectivity index (χ1v) is 10.4. The summed E-state index contributed by atoms with van der Waals surface area (Å²) < 4.78 is 44.3. The fraction of sp³-hybridized carbons (Fsp3) is 0.182. The van der Waals surface area contributed by atoms with E-state index < -0.39 is 16.1 Å². The van der Waals surface area contributed by atoms with Crippen LogP contribution >= 0.6 is 0 Å². The lowest BCUT2D eigenvalue weighted by atomic mass is 9.98. The molecule has 1 aliphatic rings.